The van der Waals surface area contributed by atoms with Crippen LogP contribution in [-0.4, -0.2) is 13.0 Å². The average Bonchev–Trinajstić information content (AvgIpc) is 2.53. The first-order valence-electron chi connectivity index (χ1n) is 6.93. The zero-order valence-electron chi connectivity index (χ0n) is 12.5. The second kappa shape index (κ2) is 7.28. The van der Waals surface area contributed by atoms with Crippen molar-refractivity contribution in [3.8, 4) is 0 Å². The first-order valence-corrected chi connectivity index (χ1v) is 6.93. The van der Waals surface area contributed by atoms with E-state index in [-0.39, 0.29) is 12.1 Å². The Hall–Kier alpha value is -2.34. The first-order chi connectivity index (χ1) is 10.9. The molecule has 6 heteroatoms. The number of methoxy groups -OCH3 is 1. The summed E-state index contributed by atoms with van der Waals surface area (Å²) in [7, 11) is 1.55. The molecule has 0 bridgehead atoms. The molecule has 0 spiro atoms. The summed E-state index contributed by atoms with van der Waals surface area (Å²) in [5, 5.41) is 2.53. The summed E-state index contributed by atoms with van der Waals surface area (Å²) in [5.41, 5.74) is 0.346. The van der Waals surface area contributed by atoms with E-state index < -0.39 is 17.6 Å². The number of hydrogen-bond acceptors (Lipinski definition) is 2. The van der Waals surface area contributed by atoms with Crippen LogP contribution in [0.4, 0.5) is 13.2 Å². The summed E-state index contributed by atoms with van der Waals surface area (Å²) >= 11 is 0. The van der Waals surface area contributed by atoms with E-state index in [0.717, 1.165) is 17.2 Å². The number of hydrogen-bond donors (Lipinski definition) is 1. The maximum absolute atomic E-state index is 12.9. The van der Waals surface area contributed by atoms with E-state index in [1.165, 1.54) is 18.2 Å². The molecule has 0 radical (unpaired) electrons. The Morgan fingerprint density at radius 3 is 2.30 bits per heavy atom. The highest BCUT2D eigenvalue weighted by Crippen LogP contribution is 2.31. The lowest BCUT2D eigenvalue weighted by atomic mass is 10.1. The van der Waals surface area contributed by atoms with Gasteiger partial charge in [0.25, 0.3) is 5.91 Å². The zero-order valence-corrected chi connectivity index (χ0v) is 12.5. The Bertz CT molecular complexity index is 684. The third-order valence-corrected chi connectivity index (χ3v) is 3.33. The molecule has 1 amide bonds. The van der Waals surface area contributed by atoms with E-state index in [1.54, 1.807) is 19.2 Å². The number of carbonyl (C=O) groups is 1. The molecular formula is C17H16F3NO2. The van der Waals surface area contributed by atoms with Gasteiger partial charge in [0.05, 0.1) is 17.7 Å². The van der Waals surface area contributed by atoms with Crippen LogP contribution in [0, 0.1) is 0 Å². The number of carbonyl (C=O) groups excluding carboxylic acids is 1. The van der Waals surface area contributed by atoms with Gasteiger partial charge in [0.1, 0.15) is 0 Å². The Balaban J connectivity index is 2.15. The van der Waals surface area contributed by atoms with Crippen LogP contribution < -0.4 is 5.32 Å². The van der Waals surface area contributed by atoms with Crippen LogP contribution >= 0.6 is 0 Å². The third kappa shape index (κ3) is 4.32. The van der Waals surface area contributed by atoms with Gasteiger partial charge in [0.15, 0.2) is 0 Å². The molecule has 0 heterocycles. The molecule has 0 aliphatic rings. The third-order valence-electron chi connectivity index (χ3n) is 3.33. The van der Waals surface area contributed by atoms with Crippen molar-refractivity contribution < 1.29 is 22.7 Å². The van der Waals surface area contributed by atoms with Gasteiger partial charge in [0, 0.05) is 13.7 Å². The van der Waals surface area contributed by atoms with Crippen molar-refractivity contribution in [3.05, 3.63) is 70.8 Å². The number of nitrogens with one attached hydrogen (secondary N) is 1. The van der Waals surface area contributed by atoms with Crippen molar-refractivity contribution in [2.75, 3.05) is 7.11 Å². The van der Waals surface area contributed by atoms with Crippen LogP contribution in [0.15, 0.2) is 48.5 Å². The maximum Gasteiger partial charge on any atom is 0.417 e. The van der Waals surface area contributed by atoms with Gasteiger partial charge < -0.3 is 10.1 Å². The standard InChI is InChI=1S/C17H16F3NO2/c1-23-11-13-7-3-2-6-12(13)10-21-16(22)14-8-4-5-9-15(14)17(18,19)20/h2-9H,10-11H2,1H3,(H,21,22). The van der Waals surface area contributed by atoms with Crippen LogP contribution in [0.3, 0.4) is 0 Å². The number of rotatable bonds is 5. The lowest BCUT2D eigenvalue weighted by molar-refractivity contribution is -0.137. The van der Waals surface area contributed by atoms with Crippen molar-refractivity contribution >= 4 is 5.91 Å². The number of benzene rings is 2. The van der Waals surface area contributed by atoms with E-state index in [0.29, 0.717) is 6.61 Å². The molecule has 0 saturated heterocycles. The minimum absolute atomic E-state index is 0.130. The average molecular weight is 323 g/mol. The predicted octanol–water partition coefficient (Wildman–Crippen LogP) is 3.78. The molecule has 0 saturated carbocycles. The molecule has 122 valence electrons. The van der Waals surface area contributed by atoms with Crippen LogP contribution in [0.2, 0.25) is 0 Å². The Morgan fingerprint density at radius 2 is 1.65 bits per heavy atom. The van der Waals surface area contributed by atoms with Crippen molar-refractivity contribution in [2.45, 2.75) is 19.3 Å². The van der Waals surface area contributed by atoms with Gasteiger partial charge in [-0.1, -0.05) is 36.4 Å². The molecule has 0 fully saturated rings. The van der Waals surface area contributed by atoms with Gasteiger partial charge in [-0.3, -0.25) is 4.79 Å². The summed E-state index contributed by atoms with van der Waals surface area (Å²) < 4.78 is 43.9. The molecule has 0 aliphatic heterocycles. The molecule has 0 atom stereocenters. The first kappa shape index (κ1) is 17.0. The van der Waals surface area contributed by atoms with E-state index in [4.69, 9.17) is 4.74 Å². The maximum atomic E-state index is 12.9. The molecule has 23 heavy (non-hydrogen) atoms. The number of halogens is 3. The molecule has 0 aliphatic carbocycles. The van der Waals surface area contributed by atoms with Crippen LogP contribution in [0.25, 0.3) is 0 Å². The lowest BCUT2D eigenvalue weighted by Crippen LogP contribution is -2.26. The van der Waals surface area contributed by atoms with Crippen molar-refractivity contribution in [1.82, 2.24) is 5.32 Å². The molecular weight excluding hydrogens is 307 g/mol. The summed E-state index contributed by atoms with van der Waals surface area (Å²) in [5.74, 6) is -0.759. The highest BCUT2D eigenvalue weighted by atomic mass is 19.4. The van der Waals surface area contributed by atoms with Crippen LogP contribution in [0.1, 0.15) is 27.0 Å². The van der Waals surface area contributed by atoms with E-state index in [1.807, 2.05) is 12.1 Å². The zero-order chi connectivity index (χ0) is 16.9. The van der Waals surface area contributed by atoms with Gasteiger partial charge in [-0.15, -0.1) is 0 Å². The Morgan fingerprint density at radius 1 is 1.04 bits per heavy atom. The highest BCUT2D eigenvalue weighted by molar-refractivity contribution is 5.95. The Labute approximate surface area is 132 Å². The summed E-state index contributed by atoms with van der Waals surface area (Å²) in [6, 6.07) is 12.0. The van der Waals surface area contributed by atoms with Gasteiger partial charge in [-0.2, -0.15) is 13.2 Å². The largest absolute Gasteiger partial charge is 0.417 e. The fourth-order valence-corrected chi connectivity index (χ4v) is 2.23. The molecule has 3 nitrogen and oxygen atoms in total. The van der Waals surface area contributed by atoms with Crippen LogP contribution in [-0.2, 0) is 24.1 Å². The molecule has 0 unspecified atom stereocenters. The van der Waals surface area contributed by atoms with Crippen molar-refractivity contribution in [2.24, 2.45) is 0 Å². The fourth-order valence-electron chi connectivity index (χ4n) is 2.23. The van der Waals surface area contributed by atoms with E-state index in [9.17, 15) is 18.0 Å². The van der Waals surface area contributed by atoms with Gasteiger partial charge >= 0.3 is 6.18 Å². The highest BCUT2D eigenvalue weighted by Gasteiger charge is 2.34. The quantitative estimate of drug-likeness (QED) is 0.909. The summed E-state index contributed by atoms with van der Waals surface area (Å²) in [4.78, 5) is 12.1. The number of amides is 1. The number of alkyl halides is 3. The molecule has 0 aromatic heterocycles. The molecule has 2 aromatic carbocycles. The monoisotopic (exact) mass is 323 g/mol. The van der Waals surface area contributed by atoms with E-state index in [2.05, 4.69) is 5.32 Å². The SMILES string of the molecule is COCc1ccccc1CNC(=O)c1ccccc1C(F)(F)F. The lowest BCUT2D eigenvalue weighted by Gasteiger charge is -2.14. The smallest absolute Gasteiger partial charge is 0.380 e. The fraction of sp³-hybridized carbons (Fsp3) is 0.235. The second-order valence-corrected chi connectivity index (χ2v) is 4.93. The minimum Gasteiger partial charge on any atom is -0.380 e. The van der Waals surface area contributed by atoms with Crippen LogP contribution in [0.5, 0.6) is 0 Å². The van der Waals surface area contributed by atoms with Crippen molar-refractivity contribution in [1.29, 1.82) is 0 Å². The van der Waals surface area contributed by atoms with Crippen molar-refractivity contribution in [3.63, 3.8) is 0 Å². The van der Waals surface area contributed by atoms with Gasteiger partial charge in [-0.05, 0) is 23.3 Å². The summed E-state index contributed by atoms with van der Waals surface area (Å²) in [6.45, 7) is 0.496. The second-order valence-electron chi connectivity index (χ2n) is 4.93. The molecule has 1 N–H and O–H groups in total. The topological polar surface area (TPSA) is 38.3 Å². The van der Waals surface area contributed by atoms with Gasteiger partial charge in [0.2, 0.25) is 0 Å². The molecule has 2 aromatic rings. The minimum atomic E-state index is -4.57. The van der Waals surface area contributed by atoms with E-state index >= 15 is 0 Å². The normalized spacial score (nSPS) is 11.3. The summed E-state index contributed by atoms with van der Waals surface area (Å²) in [6.07, 6.45) is -4.57. The van der Waals surface area contributed by atoms with Gasteiger partial charge in [-0.25, -0.2) is 0 Å². The predicted molar refractivity (Wildman–Crippen MR) is 79.8 cm³/mol. The number of ether oxygens (including phenoxy) is 1. The Kier molecular flexibility index (Phi) is 5.39. The molecule has 2 rings (SSSR count).